The van der Waals surface area contributed by atoms with Gasteiger partial charge in [-0.05, 0) is 187 Å². The van der Waals surface area contributed by atoms with Crippen LogP contribution in [0.1, 0.15) is 89.0 Å². The molecule has 2 N–H and O–H groups in total. The molecule has 588 valence electrons. The Balaban J connectivity index is 0.000000170. The number of nitrogens with zero attached hydrogens (tertiary/aromatic N) is 9. The summed E-state index contributed by atoms with van der Waals surface area (Å²) in [4.78, 5) is 30.7. The molecule has 0 bridgehead atoms. The molecule has 24 nitrogen and oxygen atoms in total. The Hall–Kier alpha value is -9.32. The fraction of sp³-hybridized carbons (Fsp3) is 0.341. The van der Waals surface area contributed by atoms with E-state index in [1.807, 2.05) is 60.7 Å². The number of rotatable bonds is 25. The second-order valence-corrected chi connectivity index (χ2v) is 36.2. The zero-order valence-electron chi connectivity index (χ0n) is 65.3. The number of carboxylic acid groups (broad SMARTS) is 1. The summed E-state index contributed by atoms with van der Waals surface area (Å²) in [6.07, 6.45) is 2.54. The predicted octanol–water partition coefficient (Wildman–Crippen LogP) is 13.1. The lowest BCUT2D eigenvalue weighted by Gasteiger charge is -2.20. The quantitative estimate of drug-likeness (QED) is 0.0502. The summed E-state index contributed by atoms with van der Waals surface area (Å²) in [6.45, 7) is 14.9. The van der Waals surface area contributed by atoms with Crippen molar-refractivity contribution >= 4 is 108 Å². The number of hydrogen-bond acceptors (Lipinski definition) is 19. The number of alkyl halides is 1. The number of nitriles is 1. The van der Waals surface area contributed by atoms with Gasteiger partial charge in [0.05, 0.1) is 122 Å². The van der Waals surface area contributed by atoms with Crippen LogP contribution < -0.4 is 18.9 Å². The number of para-hydroxylation sites is 4. The Bertz CT molecular complexity index is 5350. The van der Waals surface area contributed by atoms with Crippen LogP contribution in [-0.2, 0) is 95.3 Å². The number of sulfonamides is 4. The van der Waals surface area contributed by atoms with E-state index in [0.717, 1.165) is 78.5 Å². The number of methoxy groups -OCH3 is 4. The average molecular weight is 1650 g/mol. The fourth-order valence-corrected chi connectivity index (χ4v) is 21.0. The molecule has 0 amide bonds. The molecule has 0 saturated heterocycles. The third-order valence-corrected chi connectivity index (χ3v) is 28.4. The first-order chi connectivity index (χ1) is 52.4. The maximum absolute atomic E-state index is 13.2. The summed E-state index contributed by atoms with van der Waals surface area (Å²) in [5.41, 5.74) is 19.0. The van der Waals surface area contributed by atoms with Gasteiger partial charge >= 0.3 is 5.97 Å². The molecule has 12 rings (SSSR count). The molecular weight excluding hydrogens is 1560 g/mol. The minimum absolute atomic E-state index is 0.0850. The molecule has 0 spiro atoms. The number of aliphatic carboxylic acids is 1. The molecule has 0 saturated carbocycles. The Kier molecular flexibility index (Phi) is 27.8. The van der Waals surface area contributed by atoms with Crippen molar-refractivity contribution in [2.45, 2.75) is 125 Å². The van der Waals surface area contributed by atoms with Crippen molar-refractivity contribution in [3.63, 3.8) is 0 Å². The molecule has 8 aromatic rings. The second-order valence-electron chi connectivity index (χ2n) is 27.7. The molecule has 111 heavy (non-hydrogen) atoms. The summed E-state index contributed by atoms with van der Waals surface area (Å²) in [6, 6.07) is 38.9. The highest BCUT2D eigenvalue weighted by atomic mass is 79.9. The maximum Gasteiger partial charge on any atom is 0.307 e. The minimum atomic E-state index is -3.73. The van der Waals surface area contributed by atoms with Gasteiger partial charge in [0.25, 0.3) is 0 Å². The van der Waals surface area contributed by atoms with Crippen molar-refractivity contribution in [2.24, 2.45) is 20.0 Å². The Morgan fingerprint density at radius 1 is 0.414 bits per heavy atom. The Labute approximate surface area is 660 Å². The first-order valence-corrected chi connectivity index (χ1v) is 42.2. The zero-order valence-corrected chi connectivity index (χ0v) is 70.1. The van der Waals surface area contributed by atoms with Crippen LogP contribution in [-0.4, -0.2) is 173 Å². The Morgan fingerprint density at radius 2 is 0.649 bits per heavy atom. The third-order valence-electron chi connectivity index (χ3n) is 19.4. The standard InChI is InChI=1S/C21H23N3O3S.C21H24N2O5S.C20H23BrN2O3S.C20H24N2O4S/c1-14-10-19(27-4)11-15(2)21(14)28(25,26)24(3)13-18-12-17-7-5-6-16(8-9-22)20(17)23-18;1-13-8-18(28-4)9-14(2)21(13)29(26,27)23(3)12-17-10-15-6-5-7-16(11-19(24)25)20(15)22-17;1-13-8-18(26-4)9-14(2)20(13)27(24,25)23(3)12-17-10-15-6-5-7-16(11-21)19(15)22-17;1-13-8-18(26-4)9-14(2)20(13)27(24,25)22(3)11-17-10-15-6-5-7-16(12-23)19(15)21-17/h5-7,10-11H,8,12-13H2,1-4H3;5-9H,10-12H2,1-4H3,(H,24,25);5-9H,10-12H2,1-4H3;5-9,23H,10-12H2,1-4H3. The van der Waals surface area contributed by atoms with E-state index >= 15 is 0 Å². The number of aliphatic hydroxyl groups is 1. The van der Waals surface area contributed by atoms with E-state index in [2.05, 4.69) is 37.0 Å². The third kappa shape index (κ3) is 19.2. The van der Waals surface area contributed by atoms with Gasteiger partial charge in [-0.25, -0.2) is 33.7 Å². The molecular formula is C82H94BrN9O15S4. The van der Waals surface area contributed by atoms with Crippen molar-refractivity contribution in [1.82, 2.24) is 17.2 Å². The van der Waals surface area contributed by atoms with E-state index in [9.17, 15) is 43.6 Å². The van der Waals surface area contributed by atoms with Crippen LogP contribution in [0.3, 0.4) is 0 Å². The number of halogens is 1. The number of benzene rings is 8. The monoisotopic (exact) mass is 1650 g/mol. The molecule has 4 heterocycles. The van der Waals surface area contributed by atoms with Gasteiger partial charge in [-0.15, -0.1) is 0 Å². The molecule has 0 aromatic heterocycles. The van der Waals surface area contributed by atoms with Crippen molar-refractivity contribution in [1.29, 1.82) is 5.26 Å². The highest BCUT2D eigenvalue weighted by Crippen LogP contribution is 2.39. The number of fused-ring (bicyclic) bond motifs is 4. The number of ether oxygens (including phenoxy) is 4. The van der Waals surface area contributed by atoms with Gasteiger partial charge in [-0.3, -0.25) is 24.8 Å². The highest BCUT2D eigenvalue weighted by Gasteiger charge is 2.34. The van der Waals surface area contributed by atoms with E-state index in [1.54, 1.807) is 166 Å². The van der Waals surface area contributed by atoms with Crippen molar-refractivity contribution < 1.29 is 67.6 Å². The molecule has 0 aliphatic carbocycles. The van der Waals surface area contributed by atoms with Gasteiger partial charge in [0.15, 0.2) is 0 Å². The first-order valence-electron chi connectivity index (χ1n) is 35.4. The van der Waals surface area contributed by atoms with Gasteiger partial charge in [0.2, 0.25) is 40.1 Å². The zero-order chi connectivity index (χ0) is 81.4. The van der Waals surface area contributed by atoms with Gasteiger partial charge in [0, 0.05) is 87.6 Å². The van der Waals surface area contributed by atoms with Crippen LogP contribution in [0.25, 0.3) is 0 Å². The predicted molar refractivity (Wildman–Crippen MR) is 437 cm³/mol. The number of hydrogen-bond donors (Lipinski definition) is 2. The normalized spacial score (nSPS) is 13.5. The van der Waals surface area contributed by atoms with Crippen LogP contribution in [0.5, 0.6) is 23.0 Å². The maximum atomic E-state index is 13.2. The van der Waals surface area contributed by atoms with E-state index < -0.39 is 46.1 Å². The number of carbonyl (C=O) groups is 1. The molecule has 4 aliphatic heterocycles. The SMILES string of the molecule is COc1cc(C)c(S(=O)(=O)N(C)CC2=Nc3c(CBr)cccc3C2)c(C)c1.COc1cc(C)c(S(=O)(=O)N(C)CC2=Nc3c(CC#N)cccc3C2)c(C)c1.COc1cc(C)c(S(=O)(=O)N(C)CC2=Nc3c(CC(=O)O)cccc3C2)c(C)c1.COc1cc(C)c(S(=O)(=O)N(C)CC2=Nc3c(CO)cccc3C2)c(C)c1. The lowest BCUT2D eigenvalue weighted by molar-refractivity contribution is -0.136. The number of aliphatic imine (C=N–C) groups is 4. The van der Waals surface area contributed by atoms with Crippen LogP contribution >= 0.6 is 15.9 Å². The summed E-state index contributed by atoms with van der Waals surface area (Å²) < 4.78 is 132. The summed E-state index contributed by atoms with van der Waals surface area (Å²) in [5.74, 6) is 1.62. The van der Waals surface area contributed by atoms with Gasteiger partial charge in [-0.1, -0.05) is 88.7 Å². The average Bonchev–Trinajstić information content (AvgIpc) is 1.39. The van der Waals surface area contributed by atoms with E-state index in [1.165, 1.54) is 24.3 Å². The van der Waals surface area contributed by atoms with E-state index in [0.29, 0.717) is 131 Å². The highest BCUT2D eigenvalue weighted by molar-refractivity contribution is 9.08. The van der Waals surface area contributed by atoms with E-state index in [-0.39, 0.29) is 44.1 Å². The molecule has 0 atom stereocenters. The van der Waals surface area contributed by atoms with Crippen molar-refractivity contribution in [2.75, 3.05) is 82.8 Å². The largest absolute Gasteiger partial charge is 0.497 e. The van der Waals surface area contributed by atoms with Crippen molar-refractivity contribution in [3.8, 4) is 29.1 Å². The summed E-state index contributed by atoms with van der Waals surface area (Å²) >= 11 is 3.49. The minimum Gasteiger partial charge on any atom is -0.497 e. The van der Waals surface area contributed by atoms with Crippen molar-refractivity contribution in [3.05, 3.63) is 210 Å². The number of carboxylic acids is 1. The molecule has 0 unspecified atom stereocenters. The smallest absolute Gasteiger partial charge is 0.307 e. The molecule has 29 heteroatoms. The van der Waals surface area contributed by atoms with Gasteiger partial charge in [-0.2, -0.15) is 22.5 Å². The first kappa shape index (κ1) is 85.7. The molecule has 8 aromatic carbocycles. The topological polar surface area (TPSA) is 317 Å². The van der Waals surface area contributed by atoms with E-state index in [4.69, 9.17) is 34.3 Å². The molecule has 0 fully saturated rings. The fourth-order valence-electron chi connectivity index (χ4n) is 14.3. The van der Waals surface area contributed by atoms with Crippen LogP contribution in [0.4, 0.5) is 22.7 Å². The second kappa shape index (κ2) is 36.0. The van der Waals surface area contributed by atoms with Crippen LogP contribution in [0, 0.1) is 66.7 Å². The van der Waals surface area contributed by atoms with Gasteiger partial charge < -0.3 is 29.2 Å². The number of aliphatic hydroxyl groups excluding tert-OH is 1. The lowest BCUT2D eigenvalue weighted by atomic mass is 10.0. The summed E-state index contributed by atoms with van der Waals surface area (Å²) in [7, 11) is -2.19. The lowest BCUT2D eigenvalue weighted by Crippen LogP contribution is -2.33. The number of aryl methyl sites for hydroxylation is 8. The molecule has 4 aliphatic rings. The molecule has 0 radical (unpaired) electrons. The van der Waals surface area contributed by atoms with Crippen LogP contribution in [0.15, 0.2) is 161 Å². The van der Waals surface area contributed by atoms with Crippen LogP contribution in [0.2, 0.25) is 0 Å². The van der Waals surface area contributed by atoms with Gasteiger partial charge in [0.1, 0.15) is 23.0 Å². The summed E-state index contributed by atoms with van der Waals surface area (Å²) in [5, 5.41) is 28.3. The Morgan fingerprint density at radius 3 is 0.892 bits per heavy atom.